The van der Waals surface area contributed by atoms with Crippen molar-refractivity contribution in [1.82, 2.24) is 4.90 Å². The standard InChI is InChI=1S/C18H16Cl2N2O3S/c1-24-15-4-2-3-5-16(15)25-11-17(23)22-8-9-26-18(22)21-12-6-7-13(19)14(20)10-12/h2-7,10H,8-9,11H2,1H3. The van der Waals surface area contributed by atoms with Crippen molar-refractivity contribution >= 4 is 51.7 Å². The molecule has 0 N–H and O–H groups in total. The van der Waals surface area contributed by atoms with Crippen molar-refractivity contribution in [1.29, 1.82) is 0 Å². The Balaban J connectivity index is 1.70. The topological polar surface area (TPSA) is 51.1 Å². The number of hydrogen-bond acceptors (Lipinski definition) is 5. The average Bonchev–Trinajstić information content (AvgIpc) is 3.11. The Labute approximate surface area is 165 Å². The number of nitrogens with zero attached hydrogens (tertiary/aromatic N) is 2. The molecule has 2 aromatic carbocycles. The van der Waals surface area contributed by atoms with E-state index in [4.69, 9.17) is 32.7 Å². The van der Waals surface area contributed by atoms with Gasteiger partial charge in [0.15, 0.2) is 23.3 Å². The molecular formula is C18H16Cl2N2O3S. The van der Waals surface area contributed by atoms with Gasteiger partial charge in [-0.2, -0.15) is 0 Å². The number of amidine groups is 1. The molecule has 3 rings (SSSR count). The van der Waals surface area contributed by atoms with Gasteiger partial charge in [-0.3, -0.25) is 9.69 Å². The molecule has 1 heterocycles. The molecule has 1 fully saturated rings. The zero-order valence-electron chi connectivity index (χ0n) is 13.9. The van der Waals surface area contributed by atoms with Gasteiger partial charge in [0.2, 0.25) is 0 Å². The van der Waals surface area contributed by atoms with Gasteiger partial charge in [0, 0.05) is 12.3 Å². The first-order valence-corrected chi connectivity index (χ1v) is 9.55. The lowest BCUT2D eigenvalue weighted by molar-refractivity contribution is -0.129. The van der Waals surface area contributed by atoms with Crippen molar-refractivity contribution in [2.45, 2.75) is 0 Å². The lowest BCUT2D eigenvalue weighted by Crippen LogP contribution is -2.35. The zero-order chi connectivity index (χ0) is 18.5. The van der Waals surface area contributed by atoms with Crippen LogP contribution in [0.3, 0.4) is 0 Å². The van der Waals surface area contributed by atoms with E-state index in [0.717, 1.165) is 5.75 Å². The molecule has 0 saturated carbocycles. The summed E-state index contributed by atoms with van der Waals surface area (Å²) < 4.78 is 10.8. The minimum Gasteiger partial charge on any atom is -0.493 e. The second-order valence-electron chi connectivity index (χ2n) is 5.33. The smallest absolute Gasteiger partial charge is 0.266 e. The molecule has 136 valence electrons. The number of hydrogen-bond donors (Lipinski definition) is 0. The second kappa shape index (κ2) is 8.66. The van der Waals surface area contributed by atoms with Crippen molar-refractivity contribution in [2.24, 2.45) is 4.99 Å². The maximum absolute atomic E-state index is 12.6. The number of ether oxygens (including phenoxy) is 2. The van der Waals surface area contributed by atoms with Crippen LogP contribution in [0, 0.1) is 0 Å². The van der Waals surface area contributed by atoms with Crippen LogP contribution in [0.1, 0.15) is 0 Å². The monoisotopic (exact) mass is 410 g/mol. The third-order valence-electron chi connectivity index (χ3n) is 3.63. The third-order valence-corrected chi connectivity index (χ3v) is 5.32. The van der Waals surface area contributed by atoms with Crippen LogP contribution >= 0.6 is 35.0 Å². The number of amides is 1. The number of methoxy groups -OCH3 is 1. The van der Waals surface area contributed by atoms with E-state index < -0.39 is 0 Å². The van der Waals surface area contributed by atoms with E-state index in [2.05, 4.69) is 4.99 Å². The number of carbonyl (C=O) groups is 1. The highest BCUT2D eigenvalue weighted by molar-refractivity contribution is 8.14. The van der Waals surface area contributed by atoms with Crippen LogP contribution in [0.25, 0.3) is 0 Å². The Morgan fingerprint density at radius 2 is 1.96 bits per heavy atom. The Kier molecular flexibility index (Phi) is 6.29. The first-order valence-electron chi connectivity index (χ1n) is 7.81. The van der Waals surface area contributed by atoms with Gasteiger partial charge in [-0.25, -0.2) is 4.99 Å². The fourth-order valence-electron chi connectivity index (χ4n) is 2.35. The van der Waals surface area contributed by atoms with Crippen molar-refractivity contribution < 1.29 is 14.3 Å². The summed E-state index contributed by atoms with van der Waals surface area (Å²) in [6.45, 7) is 0.486. The molecule has 1 aliphatic rings. The van der Waals surface area contributed by atoms with E-state index in [1.54, 1.807) is 42.3 Å². The highest BCUT2D eigenvalue weighted by atomic mass is 35.5. The average molecular weight is 411 g/mol. The molecule has 0 aromatic heterocycles. The van der Waals surface area contributed by atoms with Crippen LogP contribution < -0.4 is 9.47 Å². The minimum atomic E-state index is -0.167. The molecule has 8 heteroatoms. The minimum absolute atomic E-state index is 0.0959. The Morgan fingerprint density at radius 1 is 1.19 bits per heavy atom. The van der Waals surface area contributed by atoms with Crippen LogP contribution in [0.5, 0.6) is 11.5 Å². The van der Waals surface area contributed by atoms with Crippen LogP contribution in [-0.2, 0) is 4.79 Å². The molecule has 1 saturated heterocycles. The number of aliphatic imine (C=N–C) groups is 1. The Bertz CT molecular complexity index is 845. The maximum atomic E-state index is 12.6. The maximum Gasteiger partial charge on any atom is 0.266 e. The summed E-state index contributed by atoms with van der Waals surface area (Å²) in [5.41, 5.74) is 0.646. The Hall–Kier alpha value is -1.89. The third kappa shape index (κ3) is 4.44. The quantitative estimate of drug-likeness (QED) is 0.719. The second-order valence-corrected chi connectivity index (χ2v) is 7.20. The summed E-state index contributed by atoms with van der Waals surface area (Å²) >= 11 is 13.5. The van der Waals surface area contributed by atoms with Gasteiger partial charge < -0.3 is 9.47 Å². The van der Waals surface area contributed by atoms with E-state index in [1.165, 1.54) is 11.8 Å². The van der Waals surface area contributed by atoms with Gasteiger partial charge in [-0.1, -0.05) is 47.1 Å². The van der Waals surface area contributed by atoms with Crippen LogP contribution in [0.2, 0.25) is 10.0 Å². The molecule has 0 aliphatic carbocycles. The van der Waals surface area contributed by atoms with Crippen molar-refractivity contribution in [3.63, 3.8) is 0 Å². The lowest BCUT2D eigenvalue weighted by atomic mass is 10.3. The van der Waals surface area contributed by atoms with Crippen LogP contribution in [-0.4, -0.2) is 42.0 Å². The predicted molar refractivity (Wildman–Crippen MR) is 106 cm³/mol. The first kappa shape index (κ1) is 18.9. The van der Waals surface area contributed by atoms with Gasteiger partial charge >= 0.3 is 0 Å². The van der Waals surface area contributed by atoms with Crippen molar-refractivity contribution in [2.75, 3.05) is 26.0 Å². The van der Waals surface area contributed by atoms with Gasteiger partial charge in [0.25, 0.3) is 5.91 Å². The molecular weight excluding hydrogens is 395 g/mol. The van der Waals surface area contributed by atoms with Gasteiger partial charge in [0.05, 0.1) is 22.8 Å². The summed E-state index contributed by atoms with van der Waals surface area (Å²) in [5, 5.41) is 1.51. The van der Waals surface area contributed by atoms with E-state index in [9.17, 15) is 4.79 Å². The normalized spacial score (nSPS) is 15.3. The summed E-state index contributed by atoms with van der Waals surface area (Å²) in [5.74, 6) is 1.72. The molecule has 0 spiro atoms. The number of thioether (sulfide) groups is 1. The number of carbonyl (C=O) groups excluding carboxylic acids is 1. The molecule has 0 unspecified atom stereocenters. The molecule has 0 bridgehead atoms. The van der Waals surface area contributed by atoms with Crippen LogP contribution in [0.4, 0.5) is 5.69 Å². The summed E-state index contributed by atoms with van der Waals surface area (Å²) in [6, 6.07) is 12.3. The lowest BCUT2D eigenvalue weighted by Gasteiger charge is -2.17. The van der Waals surface area contributed by atoms with E-state index in [-0.39, 0.29) is 12.5 Å². The number of halogens is 2. The number of para-hydroxylation sites is 2. The fraction of sp³-hybridized carbons (Fsp3) is 0.222. The number of benzene rings is 2. The Morgan fingerprint density at radius 3 is 2.69 bits per heavy atom. The largest absolute Gasteiger partial charge is 0.493 e. The summed E-state index contributed by atoms with van der Waals surface area (Å²) in [7, 11) is 1.56. The molecule has 5 nitrogen and oxygen atoms in total. The zero-order valence-corrected chi connectivity index (χ0v) is 16.3. The first-order chi connectivity index (χ1) is 12.6. The van der Waals surface area contributed by atoms with E-state index in [1.807, 2.05) is 12.1 Å². The van der Waals surface area contributed by atoms with Gasteiger partial charge in [-0.15, -0.1) is 0 Å². The molecule has 1 amide bonds. The summed E-state index contributed by atoms with van der Waals surface area (Å²) in [4.78, 5) is 18.7. The van der Waals surface area contributed by atoms with Gasteiger partial charge in [-0.05, 0) is 30.3 Å². The summed E-state index contributed by atoms with van der Waals surface area (Å²) in [6.07, 6.45) is 0. The van der Waals surface area contributed by atoms with Crippen LogP contribution in [0.15, 0.2) is 47.5 Å². The molecule has 2 aromatic rings. The van der Waals surface area contributed by atoms with E-state index in [0.29, 0.717) is 38.9 Å². The highest BCUT2D eigenvalue weighted by Gasteiger charge is 2.26. The van der Waals surface area contributed by atoms with E-state index >= 15 is 0 Å². The molecule has 0 atom stereocenters. The van der Waals surface area contributed by atoms with Gasteiger partial charge in [0.1, 0.15) is 0 Å². The fourth-order valence-corrected chi connectivity index (χ4v) is 3.61. The van der Waals surface area contributed by atoms with Crippen molar-refractivity contribution in [3.05, 3.63) is 52.5 Å². The molecule has 0 radical (unpaired) electrons. The SMILES string of the molecule is COc1ccccc1OCC(=O)N1CCSC1=Nc1ccc(Cl)c(Cl)c1. The highest BCUT2D eigenvalue weighted by Crippen LogP contribution is 2.29. The predicted octanol–water partition coefficient (Wildman–Crippen LogP) is 4.64. The molecule has 26 heavy (non-hydrogen) atoms. The molecule has 1 aliphatic heterocycles. The van der Waals surface area contributed by atoms with Crippen molar-refractivity contribution in [3.8, 4) is 11.5 Å². The number of rotatable bonds is 5.